The van der Waals surface area contributed by atoms with Crippen LogP contribution in [-0.2, 0) is 0 Å². The third-order valence-corrected chi connectivity index (χ3v) is 8.46. The molecule has 5 aromatic carbocycles. The van der Waals surface area contributed by atoms with Crippen molar-refractivity contribution in [3.05, 3.63) is 140 Å². The Morgan fingerprint density at radius 2 is 1.17 bits per heavy atom. The van der Waals surface area contributed by atoms with Crippen molar-refractivity contribution in [2.75, 3.05) is 0 Å². The number of para-hydroxylation sites is 1. The molecule has 0 spiro atoms. The van der Waals surface area contributed by atoms with Crippen molar-refractivity contribution >= 4 is 32.7 Å². The Labute approximate surface area is 237 Å². The lowest BCUT2D eigenvalue weighted by atomic mass is 9.93. The molecule has 8 aromatic rings. The minimum absolute atomic E-state index is 0.955. The number of hydrogen-bond acceptors (Lipinski definition) is 2. The fourth-order valence-corrected chi connectivity index (χ4v) is 6.62. The van der Waals surface area contributed by atoms with Crippen molar-refractivity contribution in [2.45, 2.75) is 0 Å². The second-order valence-electron chi connectivity index (χ2n) is 10.6. The van der Waals surface area contributed by atoms with Crippen LogP contribution < -0.4 is 0 Å². The number of fused-ring (bicyclic) bond motifs is 6. The third kappa shape index (κ3) is 3.20. The van der Waals surface area contributed by atoms with E-state index in [9.17, 15) is 0 Å². The van der Waals surface area contributed by atoms with E-state index >= 15 is 0 Å². The van der Waals surface area contributed by atoms with E-state index in [1.54, 1.807) is 0 Å². The minimum Gasteiger partial charge on any atom is -0.308 e. The van der Waals surface area contributed by atoms with E-state index in [1.165, 1.54) is 44.2 Å². The second-order valence-corrected chi connectivity index (χ2v) is 10.6. The number of aromatic nitrogens is 3. The van der Waals surface area contributed by atoms with Crippen LogP contribution in [0.1, 0.15) is 0 Å². The van der Waals surface area contributed by atoms with E-state index in [4.69, 9.17) is 4.98 Å². The van der Waals surface area contributed by atoms with Crippen molar-refractivity contribution in [3.63, 3.8) is 0 Å². The van der Waals surface area contributed by atoms with Crippen LogP contribution in [0, 0.1) is 0 Å². The van der Waals surface area contributed by atoms with Crippen LogP contribution >= 0.6 is 0 Å². The summed E-state index contributed by atoms with van der Waals surface area (Å²) in [5, 5.41) is 3.70. The maximum Gasteiger partial charge on any atom is 0.0986 e. The highest BCUT2D eigenvalue weighted by atomic mass is 15.0. The summed E-state index contributed by atoms with van der Waals surface area (Å²) in [5.74, 6) is 0. The molecule has 1 aliphatic rings. The molecular formula is C38H23N3. The van der Waals surface area contributed by atoms with E-state index in [1.807, 2.05) is 18.5 Å². The van der Waals surface area contributed by atoms with Gasteiger partial charge in [0.05, 0.1) is 22.2 Å². The molecule has 0 N–H and O–H groups in total. The van der Waals surface area contributed by atoms with Gasteiger partial charge in [0.25, 0.3) is 0 Å². The molecule has 1 aliphatic carbocycles. The molecule has 3 aromatic heterocycles. The van der Waals surface area contributed by atoms with Gasteiger partial charge in [0.15, 0.2) is 0 Å². The molecule has 3 heterocycles. The van der Waals surface area contributed by atoms with Crippen LogP contribution in [0.5, 0.6) is 0 Å². The zero-order chi connectivity index (χ0) is 26.9. The van der Waals surface area contributed by atoms with Gasteiger partial charge in [-0.1, -0.05) is 97.1 Å². The van der Waals surface area contributed by atoms with E-state index < -0.39 is 0 Å². The lowest BCUT2D eigenvalue weighted by molar-refractivity contribution is 1.17. The lowest BCUT2D eigenvalue weighted by Gasteiger charge is -2.11. The molecule has 0 unspecified atom stereocenters. The first kappa shape index (κ1) is 22.3. The third-order valence-electron chi connectivity index (χ3n) is 8.46. The summed E-state index contributed by atoms with van der Waals surface area (Å²) in [6, 6.07) is 45.6. The fraction of sp³-hybridized carbons (Fsp3) is 0. The Balaban J connectivity index is 1.15. The molecule has 41 heavy (non-hydrogen) atoms. The Bertz CT molecular complexity index is 2270. The highest BCUT2D eigenvalue weighted by Crippen LogP contribution is 2.49. The fourth-order valence-electron chi connectivity index (χ4n) is 6.62. The number of pyridine rings is 2. The molecule has 3 nitrogen and oxygen atoms in total. The summed E-state index contributed by atoms with van der Waals surface area (Å²) in [6.07, 6.45) is 3.77. The average Bonchev–Trinajstić information content (AvgIpc) is 3.56. The van der Waals surface area contributed by atoms with Gasteiger partial charge in [-0.15, -0.1) is 0 Å². The monoisotopic (exact) mass is 521 g/mol. The smallest absolute Gasteiger partial charge is 0.0986 e. The minimum atomic E-state index is 0.955. The molecule has 0 fully saturated rings. The summed E-state index contributed by atoms with van der Waals surface area (Å²) in [4.78, 5) is 9.58. The summed E-state index contributed by atoms with van der Waals surface area (Å²) >= 11 is 0. The Kier molecular flexibility index (Phi) is 4.61. The first-order chi connectivity index (χ1) is 20.3. The van der Waals surface area contributed by atoms with Crippen molar-refractivity contribution in [1.82, 2.24) is 14.5 Å². The van der Waals surface area contributed by atoms with Gasteiger partial charge in [0, 0.05) is 29.0 Å². The highest BCUT2D eigenvalue weighted by Gasteiger charge is 2.22. The van der Waals surface area contributed by atoms with Gasteiger partial charge < -0.3 is 4.57 Å². The quantitative estimate of drug-likeness (QED) is 0.232. The lowest BCUT2D eigenvalue weighted by Crippen LogP contribution is -1.93. The van der Waals surface area contributed by atoms with Crippen molar-refractivity contribution < 1.29 is 0 Å². The van der Waals surface area contributed by atoms with Crippen molar-refractivity contribution in [3.8, 4) is 50.3 Å². The molecule has 190 valence electrons. The molecule has 9 rings (SSSR count). The van der Waals surface area contributed by atoms with Crippen LogP contribution in [0.4, 0.5) is 0 Å². The van der Waals surface area contributed by atoms with E-state index in [2.05, 4.69) is 131 Å². The van der Waals surface area contributed by atoms with Gasteiger partial charge in [-0.05, 0) is 74.5 Å². The van der Waals surface area contributed by atoms with Gasteiger partial charge in [-0.25, -0.2) is 4.98 Å². The van der Waals surface area contributed by atoms with E-state index in [0.29, 0.717) is 0 Å². The van der Waals surface area contributed by atoms with Crippen LogP contribution in [0.15, 0.2) is 140 Å². The molecule has 0 bridgehead atoms. The van der Waals surface area contributed by atoms with Crippen molar-refractivity contribution in [2.24, 2.45) is 0 Å². The second kappa shape index (κ2) is 8.48. The number of hydrogen-bond donors (Lipinski definition) is 0. The molecular weight excluding hydrogens is 498 g/mol. The first-order valence-electron chi connectivity index (χ1n) is 13.9. The molecule has 0 aliphatic heterocycles. The van der Waals surface area contributed by atoms with Gasteiger partial charge in [0.1, 0.15) is 0 Å². The van der Waals surface area contributed by atoms with Crippen LogP contribution in [-0.4, -0.2) is 14.5 Å². The molecule has 0 amide bonds. The van der Waals surface area contributed by atoms with E-state index in [-0.39, 0.29) is 0 Å². The Morgan fingerprint density at radius 1 is 0.463 bits per heavy atom. The number of rotatable bonds is 3. The number of nitrogens with zero attached hydrogens (tertiary/aromatic N) is 3. The van der Waals surface area contributed by atoms with Gasteiger partial charge in [-0.3, -0.25) is 4.98 Å². The van der Waals surface area contributed by atoms with Crippen LogP contribution in [0.2, 0.25) is 0 Å². The molecule has 0 atom stereocenters. The average molecular weight is 522 g/mol. The molecule has 0 radical (unpaired) electrons. The number of benzene rings is 5. The SMILES string of the molecule is c1ccc(-n2c3ccncc3c3nc(-c4ccc(-c5ccc6c7c(cccc57)-c5ccccc5-6)cc4)ccc32)cc1. The van der Waals surface area contributed by atoms with Crippen molar-refractivity contribution in [1.29, 1.82) is 0 Å². The topological polar surface area (TPSA) is 30.7 Å². The largest absolute Gasteiger partial charge is 0.308 e. The zero-order valence-corrected chi connectivity index (χ0v) is 22.1. The summed E-state index contributed by atoms with van der Waals surface area (Å²) in [7, 11) is 0. The molecule has 3 heteroatoms. The zero-order valence-electron chi connectivity index (χ0n) is 22.1. The normalized spacial score (nSPS) is 11.9. The maximum atomic E-state index is 5.17. The van der Waals surface area contributed by atoms with Crippen LogP contribution in [0.3, 0.4) is 0 Å². The van der Waals surface area contributed by atoms with Crippen LogP contribution in [0.25, 0.3) is 83.0 Å². The standard InChI is InChI=1S/C38H23N3/c1-2-7-26(8-3-1)41-35-21-22-39-23-33(35)38-36(41)20-19-34(40-38)25-15-13-24(14-16-25)27-17-18-32-29-10-5-4-9-28(29)31-12-6-11-30(27)37(31)32/h1-23H. The van der Waals surface area contributed by atoms with Gasteiger partial charge in [0.2, 0.25) is 0 Å². The summed E-state index contributed by atoms with van der Waals surface area (Å²) < 4.78 is 2.26. The van der Waals surface area contributed by atoms with Gasteiger partial charge in [-0.2, -0.15) is 0 Å². The Morgan fingerprint density at radius 3 is 2.00 bits per heavy atom. The summed E-state index contributed by atoms with van der Waals surface area (Å²) in [6.45, 7) is 0. The highest BCUT2D eigenvalue weighted by molar-refractivity contribution is 6.18. The first-order valence-corrected chi connectivity index (χ1v) is 13.9. The molecule has 0 saturated heterocycles. The maximum absolute atomic E-state index is 5.17. The molecule has 0 saturated carbocycles. The Hall–Kier alpha value is -5.54. The predicted molar refractivity (Wildman–Crippen MR) is 169 cm³/mol. The summed E-state index contributed by atoms with van der Waals surface area (Å²) in [5.41, 5.74) is 14.1. The van der Waals surface area contributed by atoms with E-state index in [0.717, 1.165) is 38.9 Å². The predicted octanol–water partition coefficient (Wildman–Crippen LogP) is 9.71. The van der Waals surface area contributed by atoms with Gasteiger partial charge >= 0.3 is 0 Å².